The van der Waals surface area contributed by atoms with E-state index >= 15 is 0 Å². The number of anilines is 2. The Bertz CT molecular complexity index is 1060. The van der Waals surface area contributed by atoms with E-state index in [0.29, 0.717) is 24.2 Å². The molecule has 6 heteroatoms. The third-order valence-corrected chi connectivity index (χ3v) is 4.70. The van der Waals surface area contributed by atoms with E-state index in [1.54, 1.807) is 42.5 Å². The fourth-order valence-electron chi connectivity index (χ4n) is 2.67. The number of carbonyl (C=O) groups is 1. The van der Waals surface area contributed by atoms with E-state index in [2.05, 4.69) is 10.3 Å². The van der Waals surface area contributed by atoms with Crippen LogP contribution in [0.5, 0.6) is 0 Å². The summed E-state index contributed by atoms with van der Waals surface area (Å²) in [5.41, 5.74) is 7.68. The van der Waals surface area contributed by atoms with Gasteiger partial charge in [-0.3, -0.25) is 4.79 Å². The van der Waals surface area contributed by atoms with E-state index in [4.69, 9.17) is 11.2 Å². The number of hydrogen-bond acceptors (Lipinski definition) is 5. The van der Waals surface area contributed by atoms with Crippen LogP contribution in [0.3, 0.4) is 0 Å². The minimum Gasteiger partial charge on any atom is -0.388 e. The fourth-order valence-corrected chi connectivity index (χ4v) is 3.17. The maximum Gasteiger partial charge on any atom is 0.230 e. The van der Waals surface area contributed by atoms with E-state index in [0.717, 1.165) is 16.9 Å². The zero-order valence-corrected chi connectivity index (χ0v) is 16.1. The van der Waals surface area contributed by atoms with Crippen molar-refractivity contribution < 1.29 is 15.4 Å². The summed E-state index contributed by atoms with van der Waals surface area (Å²) in [4.78, 5) is 16.1. The van der Waals surface area contributed by atoms with Crippen molar-refractivity contribution in [2.75, 3.05) is 11.1 Å². The van der Waals surface area contributed by atoms with Gasteiger partial charge in [-0.2, -0.15) is 0 Å². The summed E-state index contributed by atoms with van der Waals surface area (Å²) in [6.07, 6.45) is -3.43. The molecule has 4 N–H and O–H groups in total. The summed E-state index contributed by atoms with van der Waals surface area (Å²) < 4.78 is 32.3. The first-order chi connectivity index (χ1) is 15.1. The monoisotopic (exact) mass is 399 g/mol. The molecule has 0 radical (unpaired) electrons. The maximum atomic E-state index is 12.2. The van der Waals surface area contributed by atoms with Gasteiger partial charge < -0.3 is 16.2 Å². The molecule has 146 valence electrons. The normalized spacial score (nSPS) is 15.6. The van der Waals surface area contributed by atoms with Crippen molar-refractivity contribution in [3.05, 3.63) is 76.8 Å². The van der Waals surface area contributed by atoms with Gasteiger partial charge in [0.2, 0.25) is 5.91 Å². The summed E-state index contributed by atoms with van der Waals surface area (Å²) in [6, 6.07) is 15.4. The van der Waals surface area contributed by atoms with Crippen molar-refractivity contribution >= 4 is 28.1 Å². The van der Waals surface area contributed by atoms with Crippen LogP contribution in [0.4, 0.5) is 10.8 Å². The lowest BCUT2D eigenvalue weighted by Gasteiger charge is -2.10. The fraction of sp³-hybridized carbons (Fsp3) is 0.273. The zero-order valence-electron chi connectivity index (χ0n) is 19.3. The van der Waals surface area contributed by atoms with Crippen LogP contribution in [0.2, 0.25) is 0 Å². The summed E-state index contributed by atoms with van der Waals surface area (Å²) in [5, 5.41) is 13.7. The van der Waals surface area contributed by atoms with Crippen LogP contribution >= 0.6 is 11.3 Å². The van der Waals surface area contributed by atoms with E-state index in [1.807, 2.05) is 12.1 Å². The molecule has 0 saturated heterocycles. The molecule has 0 unspecified atom stereocenters. The molecule has 0 bridgehead atoms. The van der Waals surface area contributed by atoms with Crippen molar-refractivity contribution in [3.8, 4) is 0 Å². The first kappa shape index (κ1) is 15.2. The summed E-state index contributed by atoms with van der Waals surface area (Å²) in [6.45, 7) is 0. The van der Waals surface area contributed by atoms with Gasteiger partial charge in [0.15, 0.2) is 5.13 Å². The van der Waals surface area contributed by atoms with Crippen molar-refractivity contribution in [1.29, 1.82) is 0 Å². The number of aromatic nitrogens is 1. The minimum absolute atomic E-state index is 0.0204. The molecule has 1 amide bonds. The highest BCUT2D eigenvalue weighted by Gasteiger charge is 2.08. The van der Waals surface area contributed by atoms with E-state index in [9.17, 15) is 9.90 Å². The zero-order chi connectivity index (χ0) is 23.4. The second kappa shape index (κ2) is 10.0. The number of aliphatic hydroxyl groups is 1. The Balaban J connectivity index is 1.51. The summed E-state index contributed by atoms with van der Waals surface area (Å²) >= 11 is 1.03. The Labute approximate surface area is 174 Å². The number of hydrogen-bond donors (Lipinski definition) is 3. The number of aryl methyl sites for hydroxylation is 1. The van der Waals surface area contributed by atoms with Gasteiger partial charge in [-0.05, 0) is 42.5 Å². The SMILES string of the molecule is [2H]c1sc(N)nc1CC(=O)Nc1ccc(CCCC([2H])([2H])[C@]([2H])(O)c2ccccc2)cc1. The molecule has 3 rings (SSSR count). The van der Waals surface area contributed by atoms with Crippen molar-refractivity contribution in [1.82, 2.24) is 4.98 Å². The van der Waals surface area contributed by atoms with Gasteiger partial charge in [-0.1, -0.05) is 48.9 Å². The summed E-state index contributed by atoms with van der Waals surface area (Å²) in [5.74, 6) is -0.291. The first-order valence-corrected chi connectivity index (χ1v) is 9.78. The molecular formula is C22H25N3O2S. The molecule has 1 heterocycles. The number of nitrogen functional groups attached to an aromatic ring is 1. The topological polar surface area (TPSA) is 88.2 Å². The molecule has 3 aromatic rings. The van der Waals surface area contributed by atoms with Crippen molar-refractivity contribution in [2.24, 2.45) is 0 Å². The molecule has 0 fully saturated rings. The van der Waals surface area contributed by atoms with Gasteiger partial charge in [-0.25, -0.2) is 4.98 Å². The molecule has 0 spiro atoms. The number of thiazole rings is 1. The predicted molar refractivity (Wildman–Crippen MR) is 114 cm³/mol. The first-order valence-electron chi connectivity index (χ1n) is 11.0. The highest BCUT2D eigenvalue weighted by molar-refractivity contribution is 7.13. The Hall–Kier alpha value is -2.70. The number of benzene rings is 2. The van der Waals surface area contributed by atoms with Gasteiger partial charge >= 0.3 is 0 Å². The molecular weight excluding hydrogens is 370 g/mol. The number of carbonyl (C=O) groups excluding carboxylic acids is 1. The molecule has 0 aliphatic heterocycles. The van der Waals surface area contributed by atoms with Crippen LogP contribution < -0.4 is 11.1 Å². The van der Waals surface area contributed by atoms with Crippen molar-refractivity contribution in [2.45, 2.75) is 38.1 Å². The van der Waals surface area contributed by atoms with Gasteiger partial charge in [0.05, 0.1) is 20.9 Å². The Morgan fingerprint density at radius 1 is 1.25 bits per heavy atom. The van der Waals surface area contributed by atoms with Crippen LogP contribution in [-0.2, 0) is 17.6 Å². The standard InChI is InChI=1S/C22H25N3O2S/c23-22-25-19(15-28-22)14-21(27)24-18-12-10-16(11-13-18)6-4-5-9-20(26)17-7-2-1-3-8-17/h1-3,7-8,10-13,15,20,26H,4-6,9,14H2,(H2,23,25)(H,24,27)/t20-/m0/s1/i9D2,15D,20D. The molecule has 1 atom stereocenters. The molecule has 2 aromatic carbocycles. The third kappa shape index (κ3) is 6.18. The Morgan fingerprint density at radius 2 is 2.00 bits per heavy atom. The third-order valence-electron chi connectivity index (χ3n) is 4.07. The number of rotatable bonds is 9. The predicted octanol–water partition coefficient (Wildman–Crippen LogP) is 4.35. The lowest BCUT2D eigenvalue weighted by atomic mass is 10.0. The van der Waals surface area contributed by atoms with E-state index < -0.39 is 12.5 Å². The summed E-state index contributed by atoms with van der Waals surface area (Å²) in [7, 11) is 0. The van der Waals surface area contributed by atoms with Crippen LogP contribution in [0.1, 0.15) is 47.6 Å². The molecule has 5 nitrogen and oxygen atoms in total. The maximum absolute atomic E-state index is 12.2. The highest BCUT2D eigenvalue weighted by Crippen LogP contribution is 2.20. The Morgan fingerprint density at radius 3 is 2.68 bits per heavy atom. The molecule has 28 heavy (non-hydrogen) atoms. The molecule has 0 aliphatic rings. The van der Waals surface area contributed by atoms with Crippen LogP contribution in [-0.4, -0.2) is 16.0 Å². The van der Waals surface area contributed by atoms with Crippen LogP contribution in [0.15, 0.2) is 60.0 Å². The van der Waals surface area contributed by atoms with E-state index in [1.165, 1.54) is 0 Å². The highest BCUT2D eigenvalue weighted by atomic mass is 32.1. The van der Waals surface area contributed by atoms with Gasteiger partial charge in [-0.15, -0.1) is 11.3 Å². The lowest BCUT2D eigenvalue weighted by Crippen LogP contribution is -2.14. The van der Waals surface area contributed by atoms with Gasteiger partial charge in [0.1, 0.15) is 0 Å². The molecule has 1 aromatic heterocycles. The molecule has 0 aliphatic carbocycles. The van der Waals surface area contributed by atoms with E-state index in [-0.39, 0.29) is 34.8 Å². The number of nitrogens with one attached hydrogen (secondary N) is 1. The molecule has 0 saturated carbocycles. The smallest absolute Gasteiger partial charge is 0.230 e. The van der Waals surface area contributed by atoms with Crippen LogP contribution in [0.25, 0.3) is 0 Å². The van der Waals surface area contributed by atoms with Gasteiger partial charge in [0.25, 0.3) is 0 Å². The Kier molecular flexibility index (Phi) is 5.45. The average molecular weight is 400 g/mol. The second-order valence-electron chi connectivity index (χ2n) is 6.27. The lowest BCUT2D eigenvalue weighted by molar-refractivity contribution is -0.115. The largest absolute Gasteiger partial charge is 0.388 e. The van der Waals surface area contributed by atoms with Gasteiger partial charge in [0, 0.05) is 13.8 Å². The number of amides is 1. The van der Waals surface area contributed by atoms with Crippen LogP contribution in [0, 0.1) is 0 Å². The minimum atomic E-state index is -2.33. The number of nitrogens with two attached hydrogens (primary N) is 1. The number of nitrogens with zero attached hydrogens (tertiary/aromatic N) is 1. The second-order valence-corrected chi connectivity index (χ2v) is 7.09. The quantitative estimate of drug-likeness (QED) is 0.499. The van der Waals surface area contributed by atoms with Crippen molar-refractivity contribution in [3.63, 3.8) is 0 Å². The average Bonchev–Trinajstić information content (AvgIpc) is 3.06.